The molecule has 0 N–H and O–H groups in total. The summed E-state index contributed by atoms with van der Waals surface area (Å²) in [6, 6.07) is 11.7. The zero-order valence-corrected chi connectivity index (χ0v) is 10.8. The molecule has 0 aliphatic rings. The number of aryl methyl sites for hydroxylation is 2. The van der Waals surface area contributed by atoms with E-state index in [2.05, 4.69) is 11.9 Å². The Kier molecular flexibility index (Phi) is 3.88. The highest BCUT2D eigenvalue weighted by atomic mass is 16.1. The summed E-state index contributed by atoms with van der Waals surface area (Å²) in [5, 5.41) is 0. The number of hydrogen-bond acceptors (Lipinski definition) is 2. The van der Waals surface area contributed by atoms with Gasteiger partial charge in [-0.15, -0.1) is 0 Å². The lowest BCUT2D eigenvalue weighted by atomic mass is 10.0. The summed E-state index contributed by atoms with van der Waals surface area (Å²) in [6.45, 7) is 4.08. The largest absolute Gasteiger partial charge is 0.294 e. The summed E-state index contributed by atoms with van der Waals surface area (Å²) in [5.74, 6) is 0.121. The fraction of sp³-hybridized carbons (Fsp3) is 0.250. The predicted molar refractivity (Wildman–Crippen MR) is 72.8 cm³/mol. The van der Waals surface area contributed by atoms with Crippen molar-refractivity contribution in [2.24, 2.45) is 0 Å². The molecule has 1 aromatic heterocycles. The molecule has 2 heteroatoms. The summed E-state index contributed by atoms with van der Waals surface area (Å²) in [7, 11) is 0. The van der Waals surface area contributed by atoms with Crippen LogP contribution in [0.1, 0.15) is 34.1 Å². The van der Waals surface area contributed by atoms with E-state index in [1.165, 1.54) is 5.56 Å². The van der Waals surface area contributed by atoms with Crippen LogP contribution in [0.25, 0.3) is 0 Å². The second-order valence-corrected chi connectivity index (χ2v) is 4.48. The van der Waals surface area contributed by atoms with Gasteiger partial charge >= 0.3 is 0 Å². The molecule has 0 spiro atoms. The van der Waals surface area contributed by atoms with Crippen molar-refractivity contribution in [1.29, 1.82) is 0 Å². The average molecular weight is 239 g/mol. The molecule has 92 valence electrons. The van der Waals surface area contributed by atoms with E-state index in [0.29, 0.717) is 6.42 Å². The molecule has 0 unspecified atom stereocenters. The lowest BCUT2D eigenvalue weighted by Crippen LogP contribution is -2.05. The summed E-state index contributed by atoms with van der Waals surface area (Å²) in [6.07, 6.45) is 3.19. The highest BCUT2D eigenvalue weighted by Gasteiger charge is 2.07. The third-order valence-corrected chi connectivity index (χ3v) is 2.98. The van der Waals surface area contributed by atoms with Gasteiger partial charge in [-0.1, -0.05) is 36.8 Å². The van der Waals surface area contributed by atoms with Gasteiger partial charge < -0.3 is 0 Å². The average Bonchev–Trinajstić information content (AvgIpc) is 2.39. The smallest absolute Gasteiger partial charge is 0.168 e. The zero-order valence-electron chi connectivity index (χ0n) is 10.8. The normalized spacial score (nSPS) is 10.3. The van der Waals surface area contributed by atoms with Crippen molar-refractivity contribution in [3.8, 4) is 0 Å². The topological polar surface area (TPSA) is 30.0 Å². The van der Waals surface area contributed by atoms with E-state index in [-0.39, 0.29) is 5.78 Å². The Labute approximate surface area is 108 Å². The van der Waals surface area contributed by atoms with E-state index in [9.17, 15) is 4.79 Å². The molecule has 0 bridgehead atoms. The molecule has 0 radical (unpaired) electrons. The van der Waals surface area contributed by atoms with Crippen LogP contribution in [0, 0.1) is 6.92 Å². The maximum atomic E-state index is 12.1. The predicted octanol–water partition coefficient (Wildman–Crippen LogP) is 3.38. The third-order valence-electron chi connectivity index (χ3n) is 2.98. The Morgan fingerprint density at radius 2 is 2.06 bits per heavy atom. The molecule has 18 heavy (non-hydrogen) atoms. The molecule has 0 saturated carbocycles. The van der Waals surface area contributed by atoms with Gasteiger partial charge in [0.2, 0.25) is 0 Å². The van der Waals surface area contributed by atoms with Gasteiger partial charge in [0.15, 0.2) is 5.78 Å². The Balaban J connectivity index is 2.11. The fourth-order valence-electron chi connectivity index (χ4n) is 1.85. The van der Waals surface area contributed by atoms with Gasteiger partial charge in [0.05, 0.1) is 6.42 Å². The van der Waals surface area contributed by atoms with Gasteiger partial charge in [0.1, 0.15) is 0 Å². The molecule has 0 fully saturated rings. The van der Waals surface area contributed by atoms with Crippen LogP contribution in [0.15, 0.2) is 42.6 Å². The van der Waals surface area contributed by atoms with Gasteiger partial charge in [0, 0.05) is 17.5 Å². The number of hydrogen-bond donors (Lipinski definition) is 0. The van der Waals surface area contributed by atoms with Crippen LogP contribution < -0.4 is 0 Å². The van der Waals surface area contributed by atoms with E-state index in [4.69, 9.17) is 0 Å². The SMILES string of the molecule is CCc1ccc(CC(=O)c2cccc(C)c2)nc1. The first-order valence-electron chi connectivity index (χ1n) is 6.22. The van der Waals surface area contributed by atoms with E-state index in [1.54, 1.807) is 0 Å². The third kappa shape index (κ3) is 3.04. The minimum Gasteiger partial charge on any atom is -0.294 e. The second-order valence-electron chi connectivity index (χ2n) is 4.48. The molecule has 0 amide bonds. The summed E-state index contributed by atoms with van der Waals surface area (Å²) >= 11 is 0. The molecule has 1 aromatic carbocycles. The zero-order chi connectivity index (χ0) is 13.0. The first-order chi connectivity index (χ1) is 8.69. The molecule has 2 aromatic rings. The van der Waals surface area contributed by atoms with Crippen LogP contribution in [0.5, 0.6) is 0 Å². The van der Waals surface area contributed by atoms with Crippen molar-refractivity contribution >= 4 is 5.78 Å². The van der Waals surface area contributed by atoms with Crippen LogP contribution >= 0.6 is 0 Å². The van der Waals surface area contributed by atoms with Gasteiger partial charge in [-0.2, -0.15) is 0 Å². The minimum atomic E-state index is 0.121. The molecular formula is C16H17NO. The van der Waals surface area contributed by atoms with Gasteiger partial charge in [-0.25, -0.2) is 0 Å². The second kappa shape index (κ2) is 5.58. The van der Waals surface area contributed by atoms with Crippen LogP contribution in [-0.2, 0) is 12.8 Å². The van der Waals surface area contributed by atoms with Crippen LogP contribution in [-0.4, -0.2) is 10.8 Å². The number of Topliss-reactive ketones (excluding diaryl/α,β-unsaturated/α-hetero) is 1. The number of benzene rings is 1. The van der Waals surface area contributed by atoms with Crippen molar-refractivity contribution < 1.29 is 4.79 Å². The molecule has 2 nitrogen and oxygen atoms in total. The maximum Gasteiger partial charge on any atom is 0.168 e. The number of ketones is 1. The fourth-order valence-corrected chi connectivity index (χ4v) is 1.85. The van der Waals surface area contributed by atoms with Crippen molar-refractivity contribution in [3.05, 3.63) is 65.0 Å². The van der Waals surface area contributed by atoms with E-state index < -0.39 is 0 Å². The monoisotopic (exact) mass is 239 g/mol. The van der Waals surface area contributed by atoms with Crippen molar-refractivity contribution in [1.82, 2.24) is 4.98 Å². The first kappa shape index (κ1) is 12.5. The number of pyridine rings is 1. The van der Waals surface area contributed by atoms with Gasteiger partial charge in [-0.3, -0.25) is 9.78 Å². The number of rotatable bonds is 4. The Morgan fingerprint density at radius 1 is 1.22 bits per heavy atom. The van der Waals surface area contributed by atoms with Crippen LogP contribution in [0.3, 0.4) is 0 Å². The number of carbonyl (C=O) groups excluding carboxylic acids is 1. The number of carbonyl (C=O) groups is 1. The summed E-state index contributed by atoms with van der Waals surface area (Å²) in [4.78, 5) is 16.4. The molecule has 0 saturated heterocycles. The van der Waals surface area contributed by atoms with Gasteiger partial charge in [-0.05, 0) is 31.0 Å². The number of nitrogens with zero attached hydrogens (tertiary/aromatic N) is 1. The first-order valence-corrected chi connectivity index (χ1v) is 6.22. The quantitative estimate of drug-likeness (QED) is 0.766. The van der Waals surface area contributed by atoms with Gasteiger partial charge in [0.25, 0.3) is 0 Å². The molecular weight excluding hydrogens is 222 g/mol. The molecule has 0 aliphatic heterocycles. The molecule has 0 aliphatic carbocycles. The van der Waals surface area contributed by atoms with Crippen molar-refractivity contribution in [2.45, 2.75) is 26.7 Å². The lowest BCUT2D eigenvalue weighted by Gasteiger charge is -2.03. The summed E-state index contributed by atoms with van der Waals surface area (Å²) < 4.78 is 0. The highest BCUT2D eigenvalue weighted by molar-refractivity contribution is 5.97. The van der Waals surface area contributed by atoms with Crippen LogP contribution in [0.2, 0.25) is 0 Å². The Bertz CT molecular complexity index is 543. The number of aromatic nitrogens is 1. The van der Waals surface area contributed by atoms with Crippen molar-refractivity contribution in [3.63, 3.8) is 0 Å². The minimum absolute atomic E-state index is 0.121. The molecule has 1 heterocycles. The standard InChI is InChI=1S/C16H17NO/c1-3-13-7-8-15(17-11-13)10-16(18)14-6-4-5-12(2)9-14/h4-9,11H,3,10H2,1-2H3. The van der Waals surface area contributed by atoms with Crippen molar-refractivity contribution in [2.75, 3.05) is 0 Å². The van der Waals surface area contributed by atoms with Crippen LogP contribution in [0.4, 0.5) is 0 Å². The maximum absolute atomic E-state index is 12.1. The molecule has 2 rings (SSSR count). The highest BCUT2D eigenvalue weighted by Crippen LogP contribution is 2.09. The van der Waals surface area contributed by atoms with E-state index in [1.807, 2.05) is 49.5 Å². The molecule has 0 atom stereocenters. The van der Waals surface area contributed by atoms with E-state index in [0.717, 1.165) is 23.2 Å². The lowest BCUT2D eigenvalue weighted by molar-refractivity contribution is 0.0992. The Hall–Kier alpha value is -1.96. The summed E-state index contributed by atoms with van der Waals surface area (Å²) in [5.41, 5.74) is 3.90. The van der Waals surface area contributed by atoms with E-state index >= 15 is 0 Å². The Morgan fingerprint density at radius 3 is 2.67 bits per heavy atom.